The van der Waals surface area contributed by atoms with E-state index in [1.54, 1.807) is 11.0 Å². The Bertz CT molecular complexity index is 750. The van der Waals surface area contributed by atoms with Crippen molar-refractivity contribution in [3.05, 3.63) is 30.1 Å². The average Bonchev–Trinajstić information content (AvgIpc) is 3.26. The fourth-order valence-electron chi connectivity index (χ4n) is 4.15. The SMILES string of the molecule is Cc1ccc(NC(=O)[C@@]23CCCC[C@H]2CNC3)cc1-n1cnnn1.Cl. The van der Waals surface area contributed by atoms with E-state index in [0.29, 0.717) is 5.92 Å². The van der Waals surface area contributed by atoms with Gasteiger partial charge >= 0.3 is 0 Å². The molecule has 1 aliphatic heterocycles. The van der Waals surface area contributed by atoms with Gasteiger partial charge in [-0.1, -0.05) is 18.9 Å². The van der Waals surface area contributed by atoms with E-state index < -0.39 is 0 Å². The van der Waals surface area contributed by atoms with Gasteiger partial charge in [0.2, 0.25) is 5.91 Å². The van der Waals surface area contributed by atoms with E-state index >= 15 is 0 Å². The van der Waals surface area contributed by atoms with Gasteiger partial charge in [-0.3, -0.25) is 4.79 Å². The Labute approximate surface area is 153 Å². The van der Waals surface area contributed by atoms with Crippen LogP contribution >= 0.6 is 12.4 Å². The van der Waals surface area contributed by atoms with Crippen molar-refractivity contribution in [1.29, 1.82) is 0 Å². The molecule has 4 rings (SSSR count). The zero-order valence-electron chi connectivity index (χ0n) is 14.2. The molecule has 1 saturated heterocycles. The summed E-state index contributed by atoms with van der Waals surface area (Å²) in [6.07, 6.45) is 6.04. The first-order valence-electron chi connectivity index (χ1n) is 8.55. The Morgan fingerprint density at radius 2 is 2.28 bits per heavy atom. The maximum absolute atomic E-state index is 13.1. The van der Waals surface area contributed by atoms with Gasteiger partial charge in [-0.15, -0.1) is 17.5 Å². The summed E-state index contributed by atoms with van der Waals surface area (Å²) in [5.41, 5.74) is 2.47. The van der Waals surface area contributed by atoms with Crippen molar-refractivity contribution in [2.24, 2.45) is 11.3 Å². The van der Waals surface area contributed by atoms with E-state index in [4.69, 9.17) is 0 Å². The van der Waals surface area contributed by atoms with Crippen LogP contribution in [0.4, 0.5) is 5.69 Å². The second-order valence-corrected chi connectivity index (χ2v) is 6.94. The number of tetrazole rings is 1. The second kappa shape index (κ2) is 7.09. The molecule has 7 nitrogen and oxygen atoms in total. The number of amides is 1. The van der Waals surface area contributed by atoms with E-state index in [1.165, 1.54) is 6.42 Å². The first kappa shape index (κ1) is 17.8. The molecule has 0 unspecified atom stereocenters. The summed E-state index contributed by atoms with van der Waals surface area (Å²) in [6, 6.07) is 5.86. The van der Waals surface area contributed by atoms with Crippen molar-refractivity contribution >= 4 is 24.0 Å². The fourth-order valence-corrected chi connectivity index (χ4v) is 4.15. The largest absolute Gasteiger partial charge is 0.325 e. The lowest BCUT2D eigenvalue weighted by Gasteiger charge is -2.37. The van der Waals surface area contributed by atoms with Crippen LogP contribution in [0.25, 0.3) is 5.69 Å². The zero-order valence-corrected chi connectivity index (χ0v) is 15.1. The highest BCUT2D eigenvalue weighted by Gasteiger charge is 2.49. The number of hydrogen-bond acceptors (Lipinski definition) is 5. The number of anilines is 1. The predicted molar refractivity (Wildman–Crippen MR) is 97.0 cm³/mol. The Balaban J connectivity index is 0.00000182. The lowest BCUT2D eigenvalue weighted by Crippen LogP contribution is -2.44. The lowest BCUT2D eigenvalue weighted by molar-refractivity contribution is -0.128. The van der Waals surface area contributed by atoms with Gasteiger partial charge in [-0.25, -0.2) is 4.68 Å². The molecule has 2 fully saturated rings. The number of carbonyl (C=O) groups is 1. The quantitative estimate of drug-likeness (QED) is 0.873. The molecule has 8 heteroatoms. The van der Waals surface area contributed by atoms with Crippen molar-refractivity contribution in [2.75, 3.05) is 18.4 Å². The van der Waals surface area contributed by atoms with Gasteiger partial charge in [0.15, 0.2) is 0 Å². The van der Waals surface area contributed by atoms with E-state index in [0.717, 1.165) is 49.3 Å². The number of aryl methyl sites for hydroxylation is 1. The summed E-state index contributed by atoms with van der Waals surface area (Å²) in [5, 5.41) is 17.9. The Morgan fingerprint density at radius 1 is 1.40 bits per heavy atom. The number of aromatic nitrogens is 4. The molecule has 1 aromatic heterocycles. The molecule has 2 heterocycles. The van der Waals surface area contributed by atoms with Crippen LogP contribution in [-0.2, 0) is 4.79 Å². The number of fused-ring (bicyclic) bond motifs is 1. The highest BCUT2D eigenvalue weighted by molar-refractivity contribution is 5.96. The highest BCUT2D eigenvalue weighted by atomic mass is 35.5. The van der Waals surface area contributed by atoms with Gasteiger partial charge in [-0.05, 0) is 60.4 Å². The first-order valence-corrected chi connectivity index (χ1v) is 8.55. The van der Waals surface area contributed by atoms with Crippen molar-refractivity contribution in [2.45, 2.75) is 32.6 Å². The molecule has 134 valence electrons. The van der Waals surface area contributed by atoms with Crippen LogP contribution < -0.4 is 10.6 Å². The molecule has 0 radical (unpaired) electrons. The lowest BCUT2D eigenvalue weighted by atomic mass is 9.67. The molecule has 2 N–H and O–H groups in total. The number of halogens is 1. The number of nitrogens with zero attached hydrogens (tertiary/aromatic N) is 4. The van der Waals surface area contributed by atoms with Crippen molar-refractivity contribution in [3.8, 4) is 5.69 Å². The predicted octanol–water partition coefficient (Wildman–Crippen LogP) is 2.11. The second-order valence-electron chi connectivity index (χ2n) is 6.94. The third kappa shape index (κ3) is 3.14. The van der Waals surface area contributed by atoms with Crippen LogP contribution in [0, 0.1) is 18.3 Å². The Hall–Kier alpha value is -1.99. The van der Waals surface area contributed by atoms with Gasteiger partial charge in [0.25, 0.3) is 0 Å². The standard InChI is InChI=1S/C17H22N6O.ClH/c1-12-5-6-14(8-15(12)23-11-19-21-22-23)20-16(24)17-7-3-2-4-13(17)9-18-10-17;/h5-6,8,11,13,18H,2-4,7,9-10H2,1H3,(H,20,24);1H/t13-,17+;/m0./s1. The van der Waals surface area contributed by atoms with Gasteiger partial charge in [-0.2, -0.15) is 0 Å². The number of nitrogens with one attached hydrogen (secondary N) is 2. The molecular weight excluding hydrogens is 340 g/mol. The topological polar surface area (TPSA) is 84.7 Å². The van der Waals surface area contributed by atoms with E-state index in [1.807, 2.05) is 25.1 Å². The maximum atomic E-state index is 13.1. The van der Waals surface area contributed by atoms with Crippen LogP contribution in [0.3, 0.4) is 0 Å². The number of rotatable bonds is 3. The first-order chi connectivity index (χ1) is 11.7. The summed E-state index contributed by atoms with van der Waals surface area (Å²) >= 11 is 0. The van der Waals surface area contributed by atoms with E-state index in [-0.39, 0.29) is 23.7 Å². The normalized spacial score (nSPS) is 25.1. The van der Waals surface area contributed by atoms with Crippen LogP contribution in [0.5, 0.6) is 0 Å². The summed E-state index contributed by atoms with van der Waals surface area (Å²) in [7, 11) is 0. The number of benzene rings is 1. The summed E-state index contributed by atoms with van der Waals surface area (Å²) in [5.74, 6) is 0.597. The van der Waals surface area contributed by atoms with Crippen molar-refractivity contribution in [1.82, 2.24) is 25.5 Å². The number of hydrogen-bond donors (Lipinski definition) is 2. The zero-order chi connectivity index (χ0) is 16.6. The molecule has 1 aromatic carbocycles. The molecule has 1 amide bonds. The van der Waals surface area contributed by atoms with Gasteiger partial charge in [0.05, 0.1) is 11.1 Å². The Kier molecular flexibility index (Phi) is 5.06. The number of carbonyl (C=O) groups excluding carboxylic acids is 1. The minimum Gasteiger partial charge on any atom is -0.325 e. The van der Waals surface area contributed by atoms with E-state index in [9.17, 15) is 4.79 Å². The van der Waals surface area contributed by atoms with Crippen LogP contribution in [0.15, 0.2) is 24.5 Å². The monoisotopic (exact) mass is 362 g/mol. The maximum Gasteiger partial charge on any atom is 0.232 e. The molecule has 1 aliphatic carbocycles. The molecule has 0 bridgehead atoms. The van der Waals surface area contributed by atoms with Crippen LogP contribution in [-0.4, -0.2) is 39.2 Å². The average molecular weight is 363 g/mol. The van der Waals surface area contributed by atoms with Crippen molar-refractivity contribution < 1.29 is 4.79 Å². The molecule has 2 aromatic rings. The van der Waals surface area contributed by atoms with Crippen LogP contribution in [0.2, 0.25) is 0 Å². The molecule has 1 saturated carbocycles. The van der Waals surface area contributed by atoms with Crippen LogP contribution in [0.1, 0.15) is 31.2 Å². The van der Waals surface area contributed by atoms with Gasteiger partial charge < -0.3 is 10.6 Å². The summed E-state index contributed by atoms with van der Waals surface area (Å²) in [6.45, 7) is 3.74. The molecule has 25 heavy (non-hydrogen) atoms. The Morgan fingerprint density at radius 3 is 3.08 bits per heavy atom. The minimum absolute atomic E-state index is 0. The third-order valence-corrected chi connectivity index (χ3v) is 5.55. The molecule has 2 atom stereocenters. The van der Waals surface area contributed by atoms with Gasteiger partial charge in [0, 0.05) is 12.2 Å². The third-order valence-electron chi connectivity index (χ3n) is 5.55. The smallest absolute Gasteiger partial charge is 0.232 e. The van der Waals surface area contributed by atoms with Crippen molar-refractivity contribution in [3.63, 3.8) is 0 Å². The molecular formula is C17H23ClN6O. The summed E-state index contributed by atoms with van der Waals surface area (Å²) < 4.78 is 1.61. The minimum atomic E-state index is -0.252. The highest BCUT2D eigenvalue weighted by Crippen LogP contribution is 2.44. The molecule has 0 spiro atoms. The van der Waals surface area contributed by atoms with E-state index in [2.05, 4.69) is 26.2 Å². The molecule has 2 aliphatic rings. The van der Waals surface area contributed by atoms with Gasteiger partial charge in [0.1, 0.15) is 6.33 Å². The summed E-state index contributed by atoms with van der Waals surface area (Å²) in [4.78, 5) is 13.1. The fraction of sp³-hybridized carbons (Fsp3) is 0.529.